The van der Waals surface area contributed by atoms with E-state index in [9.17, 15) is 26.7 Å². The SMILES string of the molecule is CC#CC.CCCN(CCC(C)CC)C1Nc2nc(Oc3c(F)c(F)c(F)c(F)c3F)n(C)c(=O)c2N1C. The molecule has 12 heteroatoms. The Balaban J connectivity index is 0.00000118. The Morgan fingerprint density at radius 3 is 2.05 bits per heavy atom. The average molecular weight is 544 g/mol. The smallest absolute Gasteiger partial charge is 0.306 e. The average Bonchev–Trinajstić information content (AvgIpc) is 3.24. The highest BCUT2D eigenvalue weighted by Crippen LogP contribution is 2.35. The van der Waals surface area contributed by atoms with Crippen LogP contribution >= 0.6 is 0 Å². The lowest BCUT2D eigenvalue weighted by molar-refractivity contribution is 0.203. The van der Waals surface area contributed by atoms with Crippen molar-refractivity contribution in [1.29, 1.82) is 0 Å². The summed E-state index contributed by atoms with van der Waals surface area (Å²) in [5.41, 5.74) is -0.415. The molecule has 210 valence electrons. The number of halogens is 5. The molecule has 2 aromatic rings. The zero-order valence-corrected chi connectivity index (χ0v) is 22.7. The fourth-order valence-electron chi connectivity index (χ4n) is 3.76. The maximum atomic E-state index is 14.1. The Hall–Kier alpha value is -3.33. The number of fused-ring (bicyclic) bond motifs is 1. The summed E-state index contributed by atoms with van der Waals surface area (Å²) in [4.78, 5) is 21.0. The summed E-state index contributed by atoms with van der Waals surface area (Å²) in [6.07, 6.45) is 2.43. The van der Waals surface area contributed by atoms with Gasteiger partial charge >= 0.3 is 6.01 Å². The van der Waals surface area contributed by atoms with Gasteiger partial charge in [0, 0.05) is 27.2 Å². The van der Waals surface area contributed by atoms with Crippen LogP contribution in [0.15, 0.2) is 4.79 Å². The zero-order chi connectivity index (χ0) is 28.7. The second kappa shape index (κ2) is 13.5. The lowest BCUT2D eigenvalue weighted by Crippen LogP contribution is -2.50. The second-order valence-electron chi connectivity index (χ2n) is 8.92. The van der Waals surface area contributed by atoms with E-state index in [-0.39, 0.29) is 11.5 Å². The fraction of sp³-hybridized carbons (Fsp3) is 0.538. The predicted molar refractivity (Wildman–Crippen MR) is 137 cm³/mol. The van der Waals surface area contributed by atoms with Crippen LogP contribution in [0.25, 0.3) is 0 Å². The van der Waals surface area contributed by atoms with Crippen molar-refractivity contribution >= 4 is 11.5 Å². The third kappa shape index (κ3) is 6.38. The molecule has 0 fully saturated rings. The molecule has 0 saturated heterocycles. The quantitative estimate of drug-likeness (QED) is 0.193. The van der Waals surface area contributed by atoms with Gasteiger partial charge in [-0.1, -0.05) is 27.2 Å². The molecule has 0 spiro atoms. The van der Waals surface area contributed by atoms with Gasteiger partial charge < -0.3 is 15.0 Å². The molecule has 0 amide bonds. The van der Waals surface area contributed by atoms with Crippen molar-refractivity contribution in [3.8, 4) is 23.6 Å². The van der Waals surface area contributed by atoms with Gasteiger partial charge in [0.15, 0.2) is 12.1 Å². The monoisotopic (exact) mass is 543 g/mol. The molecule has 1 N–H and O–H groups in total. The Morgan fingerprint density at radius 1 is 1.00 bits per heavy atom. The third-order valence-corrected chi connectivity index (χ3v) is 6.29. The summed E-state index contributed by atoms with van der Waals surface area (Å²) in [5.74, 6) is -6.52. The van der Waals surface area contributed by atoms with Gasteiger partial charge in [0.25, 0.3) is 5.56 Å². The van der Waals surface area contributed by atoms with Gasteiger partial charge in [-0.2, -0.15) is 13.8 Å². The largest absolute Gasteiger partial charge is 0.419 e. The molecule has 0 radical (unpaired) electrons. The van der Waals surface area contributed by atoms with E-state index in [1.807, 2.05) is 20.8 Å². The number of nitrogens with zero attached hydrogens (tertiary/aromatic N) is 4. The molecule has 2 unspecified atom stereocenters. The van der Waals surface area contributed by atoms with Crippen LogP contribution in [-0.4, -0.2) is 40.9 Å². The minimum atomic E-state index is -2.31. The summed E-state index contributed by atoms with van der Waals surface area (Å²) < 4.78 is 74.5. The first kappa shape index (κ1) is 30.9. The van der Waals surface area contributed by atoms with Crippen molar-refractivity contribution in [3.05, 3.63) is 39.4 Å². The molecule has 0 bridgehead atoms. The molecule has 38 heavy (non-hydrogen) atoms. The highest BCUT2D eigenvalue weighted by molar-refractivity contribution is 5.71. The van der Waals surface area contributed by atoms with Crippen LogP contribution in [-0.2, 0) is 7.05 Å². The Morgan fingerprint density at radius 2 is 1.55 bits per heavy atom. The maximum Gasteiger partial charge on any atom is 0.306 e. The molecule has 2 heterocycles. The standard InChI is InChI=1S/C22H28F5N5O2.C4H6/c1-6-9-32(10-8-11(3)7-2)21-28-19-17(30(21)4)20(33)31(5)22(29-19)34-18-15(26)13(24)12(23)14(25)16(18)27;1-3-4-2/h11,21,28H,6-10H2,1-5H3;1-2H3. The maximum absolute atomic E-state index is 14.1. The van der Waals surface area contributed by atoms with Crippen molar-refractivity contribution < 1.29 is 26.7 Å². The highest BCUT2D eigenvalue weighted by Gasteiger charge is 2.36. The van der Waals surface area contributed by atoms with Gasteiger partial charge in [-0.05, 0) is 32.6 Å². The molecule has 0 aliphatic carbocycles. The number of aromatic nitrogens is 2. The first-order valence-electron chi connectivity index (χ1n) is 12.3. The van der Waals surface area contributed by atoms with Crippen LogP contribution in [0.2, 0.25) is 0 Å². The van der Waals surface area contributed by atoms with Gasteiger partial charge in [-0.15, -0.1) is 11.8 Å². The highest BCUT2D eigenvalue weighted by atomic mass is 19.2. The Labute approximate surface area is 219 Å². The third-order valence-electron chi connectivity index (χ3n) is 6.29. The van der Waals surface area contributed by atoms with Crippen molar-refractivity contribution in [1.82, 2.24) is 14.5 Å². The zero-order valence-electron chi connectivity index (χ0n) is 22.7. The van der Waals surface area contributed by atoms with E-state index in [4.69, 9.17) is 4.74 Å². The lowest BCUT2D eigenvalue weighted by atomic mass is 10.1. The van der Waals surface area contributed by atoms with E-state index in [1.54, 1.807) is 11.9 Å². The van der Waals surface area contributed by atoms with Crippen LogP contribution in [0.3, 0.4) is 0 Å². The number of hydrogen-bond acceptors (Lipinski definition) is 6. The van der Waals surface area contributed by atoms with Crippen LogP contribution in [0.4, 0.5) is 33.5 Å². The minimum Gasteiger partial charge on any atom is -0.419 e. The van der Waals surface area contributed by atoms with Gasteiger partial charge in [0.1, 0.15) is 5.69 Å². The number of ether oxygens (including phenoxy) is 1. The molecule has 7 nitrogen and oxygen atoms in total. The van der Waals surface area contributed by atoms with Gasteiger partial charge in [0.05, 0.1) is 0 Å². The molecule has 2 atom stereocenters. The molecule has 1 aliphatic rings. The summed E-state index contributed by atoms with van der Waals surface area (Å²) in [6.45, 7) is 11.4. The number of rotatable bonds is 9. The van der Waals surface area contributed by atoms with Gasteiger partial charge in [0.2, 0.25) is 34.8 Å². The number of hydrogen-bond donors (Lipinski definition) is 1. The van der Waals surface area contributed by atoms with E-state index in [0.717, 1.165) is 36.9 Å². The van der Waals surface area contributed by atoms with Crippen molar-refractivity contribution in [2.75, 3.05) is 30.4 Å². The van der Waals surface area contributed by atoms with E-state index in [1.165, 1.54) is 7.05 Å². The van der Waals surface area contributed by atoms with Crippen LogP contribution in [0.1, 0.15) is 53.9 Å². The van der Waals surface area contributed by atoms with E-state index < -0.39 is 52.7 Å². The fourth-order valence-corrected chi connectivity index (χ4v) is 3.76. The summed E-state index contributed by atoms with van der Waals surface area (Å²) >= 11 is 0. The van der Waals surface area contributed by atoms with Crippen molar-refractivity contribution in [3.63, 3.8) is 0 Å². The molecular formula is C26H34F5N5O2. The molecule has 0 saturated carbocycles. The van der Waals surface area contributed by atoms with Crippen LogP contribution in [0, 0.1) is 46.8 Å². The molecular weight excluding hydrogens is 509 g/mol. The van der Waals surface area contributed by atoms with Gasteiger partial charge in [-0.3, -0.25) is 14.3 Å². The topological polar surface area (TPSA) is 62.6 Å². The first-order chi connectivity index (χ1) is 17.9. The second-order valence-corrected chi connectivity index (χ2v) is 8.92. The minimum absolute atomic E-state index is 0.0825. The van der Waals surface area contributed by atoms with E-state index in [2.05, 4.69) is 40.9 Å². The van der Waals surface area contributed by atoms with E-state index in [0.29, 0.717) is 5.92 Å². The molecule has 1 aliphatic heterocycles. The first-order valence-corrected chi connectivity index (χ1v) is 12.3. The van der Waals surface area contributed by atoms with E-state index >= 15 is 0 Å². The summed E-state index contributed by atoms with van der Waals surface area (Å²) in [6, 6.07) is -0.629. The van der Waals surface area contributed by atoms with Crippen molar-refractivity contribution in [2.45, 2.75) is 60.2 Å². The lowest BCUT2D eigenvalue weighted by Gasteiger charge is -2.34. The predicted octanol–water partition coefficient (Wildman–Crippen LogP) is 5.59. The Kier molecular flexibility index (Phi) is 10.9. The molecule has 1 aromatic carbocycles. The summed E-state index contributed by atoms with van der Waals surface area (Å²) in [7, 11) is 2.94. The number of benzene rings is 1. The van der Waals surface area contributed by atoms with Gasteiger partial charge in [-0.25, -0.2) is 13.2 Å². The normalized spacial score (nSPS) is 14.8. The number of nitrogens with one attached hydrogen (secondary N) is 1. The van der Waals surface area contributed by atoms with Crippen molar-refractivity contribution in [2.24, 2.45) is 13.0 Å². The molecule has 1 aromatic heterocycles. The number of anilines is 2. The Bertz CT molecular complexity index is 1220. The van der Waals surface area contributed by atoms with Crippen LogP contribution < -0.4 is 20.5 Å². The van der Waals surface area contributed by atoms with Crippen LogP contribution in [0.5, 0.6) is 11.8 Å². The molecule has 3 rings (SSSR count). The summed E-state index contributed by atoms with van der Waals surface area (Å²) in [5, 5.41) is 3.12.